The molecular weight excluding hydrogens is 528 g/mol. The molecule has 1 N–H and O–H groups in total. The summed E-state index contributed by atoms with van der Waals surface area (Å²) >= 11 is 7.51. The molecule has 1 aromatic heterocycles. The zero-order valence-electron chi connectivity index (χ0n) is 20.9. The summed E-state index contributed by atoms with van der Waals surface area (Å²) in [6.45, 7) is 2.02. The zero-order valence-corrected chi connectivity index (χ0v) is 22.5. The highest BCUT2D eigenvalue weighted by atomic mass is 35.5. The van der Waals surface area contributed by atoms with Crippen molar-refractivity contribution in [2.24, 2.45) is 5.92 Å². The van der Waals surface area contributed by atoms with Crippen LogP contribution in [0.2, 0.25) is 5.02 Å². The second-order valence-corrected chi connectivity index (χ2v) is 11.6. The maximum Gasteiger partial charge on any atom is 0.238 e. The first-order valence-corrected chi connectivity index (χ1v) is 14.0. The van der Waals surface area contributed by atoms with Gasteiger partial charge in [0.1, 0.15) is 11.5 Å². The largest absolute Gasteiger partial charge is 0.352 e. The van der Waals surface area contributed by atoms with E-state index in [4.69, 9.17) is 11.6 Å². The summed E-state index contributed by atoms with van der Waals surface area (Å²) in [5.41, 5.74) is 3.34. The normalized spacial score (nSPS) is 24.6. The lowest BCUT2D eigenvalue weighted by Crippen LogP contribution is -2.51. The van der Waals surface area contributed by atoms with E-state index < -0.39 is 23.4 Å². The van der Waals surface area contributed by atoms with E-state index in [1.54, 1.807) is 30.3 Å². The van der Waals surface area contributed by atoms with E-state index in [9.17, 15) is 14.4 Å². The molecule has 0 saturated carbocycles. The van der Waals surface area contributed by atoms with Gasteiger partial charge in [-0.1, -0.05) is 60.1 Å². The van der Waals surface area contributed by atoms with Crippen molar-refractivity contribution in [3.05, 3.63) is 123 Å². The van der Waals surface area contributed by atoms with E-state index >= 15 is 0 Å². The number of para-hydroxylation sites is 2. The minimum absolute atomic E-state index is 0.167. The fraction of sp³-hybridized carbons (Fsp3) is 0.156. The van der Waals surface area contributed by atoms with Gasteiger partial charge in [0, 0.05) is 27.5 Å². The number of halogens is 1. The number of anilines is 2. The molecule has 3 aliphatic heterocycles. The predicted octanol–water partition coefficient (Wildman–Crippen LogP) is 6.65. The fourth-order valence-corrected chi connectivity index (χ4v) is 7.57. The van der Waals surface area contributed by atoms with Gasteiger partial charge in [-0.05, 0) is 65.9 Å². The number of amides is 1. The highest BCUT2D eigenvalue weighted by Gasteiger charge is 2.70. The molecule has 4 heterocycles. The second kappa shape index (κ2) is 8.76. The molecule has 3 aromatic carbocycles. The van der Waals surface area contributed by atoms with Crippen LogP contribution in [0.3, 0.4) is 0 Å². The number of hydrogen-bond acceptors (Lipinski definition) is 5. The van der Waals surface area contributed by atoms with Gasteiger partial charge < -0.3 is 10.2 Å². The van der Waals surface area contributed by atoms with E-state index in [1.807, 2.05) is 71.8 Å². The number of carbonyl (C=O) groups is 3. The third-order valence-electron chi connectivity index (χ3n) is 8.33. The maximum absolute atomic E-state index is 14.7. The molecule has 4 aromatic rings. The van der Waals surface area contributed by atoms with Gasteiger partial charge >= 0.3 is 0 Å². The van der Waals surface area contributed by atoms with Gasteiger partial charge in [-0.15, -0.1) is 11.3 Å². The van der Waals surface area contributed by atoms with E-state index in [0.717, 1.165) is 22.4 Å². The summed E-state index contributed by atoms with van der Waals surface area (Å²) in [4.78, 5) is 46.1. The minimum atomic E-state index is -1.32. The number of Topliss-reactive ketones (excluding diaryl/α,β-unsaturated/α-hetero) is 2. The number of rotatable bonds is 4. The lowest BCUT2D eigenvalue weighted by Gasteiger charge is -2.39. The molecule has 39 heavy (non-hydrogen) atoms. The number of allylic oxidation sites excluding steroid dienone is 1. The number of fused-ring (bicyclic) bond motifs is 6. The molecule has 7 rings (SSSR count). The number of benzene rings is 3. The monoisotopic (exact) mass is 550 g/mol. The van der Waals surface area contributed by atoms with Gasteiger partial charge in [-0.25, -0.2) is 0 Å². The van der Waals surface area contributed by atoms with Gasteiger partial charge in [0.05, 0.1) is 16.8 Å². The lowest BCUT2D eigenvalue weighted by molar-refractivity contribution is -0.121. The fourth-order valence-electron chi connectivity index (χ4n) is 6.75. The summed E-state index contributed by atoms with van der Waals surface area (Å²) in [7, 11) is 0. The average molecular weight is 551 g/mol. The molecule has 1 saturated heterocycles. The van der Waals surface area contributed by atoms with Crippen LogP contribution in [-0.4, -0.2) is 29.6 Å². The highest BCUT2D eigenvalue weighted by Crippen LogP contribution is 2.58. The quantitative estimate of drug-likeness (QED) is 0.289. The Bertz CT molecular complexity index is 1690. The number of carbonyl (C=O) groups excluding carboxylic acids is 3. The SMILES string of the molecule is CC1=C[C@@H]2N(c3ccccc31)[C@@H](C(=O)c1cccs1)[C@@H](C(=O)c1ccc(Cl)cc1)[C@]21C(=O)Nc2ccccc21. The highest BCUT2D eigenvalue weighted by molar-refractivity contribution is 7.12. The van der Waals surface area contributed by atoms with Crippen LogP contribution in [0, 0.1) is 5.92 Å². The first kappa shape index (κ1) is 24.1. The van der Waals surface area contributed by atoms with Crippen molar-refractivity contribution in [3.63, 3.8) is 0 Å². The van der Waals surface area contributed by atoms with Crippen molar-refractivity contribution in [2.75, 3.05) is 10.2 Å². The maximum atomic E-state index is 14.7. The number of hydrogen-bond donors (Lipinski definition) is 1. The molecule has 1 amide bonds. The Hall–Kier alpha value is -4.00. The zero-order chi connectivity index (χ0) is 26.9. The minimum Gasteiger partial charge on any atom is -0.352 e. The van der Waals surface area contributed by atoms with Crippen molar-refractivity contribution in [1.82, 2.24) is 0 Å². The van der Waals surface area contributed by atoms with Gasteiger partial charge in [-0.3, -0.25) is 14.4 Å². The topological polar surface area (TPSA) is 66.5 Å². The van der Waals surface area contributed by atoms with Crippen LogP contribution in [0.1, 0.15) is 38.1 Å². The van der Waals surface area contributed by atoms with Crippen LogP contribution < -0.4 is 10.2 Å². The molecule has 192 valence electrons. The van der Waals surface area contributed by atoms with E-state index in [1.165, 1.54) is 11.3 Å². The van der Waals surface area contributed by atoms with Crippen LogP contribution in [0.25, 0.3) is 5.57 Å². The van der Waals surface area contributed by atoms with Gasteiger partial charge in [-0.2, -0.15) is 0 Å². The van der Waals surface area contributed by atoms with Gasteiger partial charge in [0.25, 0.3) is 0 Å². The molecule has 0 radical (unpaired) electrons. The van der Waals surface area contributed by atoms with Crippen molar-refractivity contribution in [3.8, 4) is 0 Å². The number of nitrogens with one attached hydrogen (secondary N) is 1. The van der Waals surface area contributed by atoms with Crippen molar-refractivity contribution >= 4 is 57.4 Å². The summed E-state index contributed by atoms with van der Waals surface area (Å²) in [5.74, 6) is -1.68. The first-order valence-electron chi connectivity index (χ1n) is 12.8. The first-order chi connectivity index (χ1) is 18.9. The molecule has 4 atom stereocenters. The standard InChI is InChI=1S/C32H23ClN2O3S/c1-18-17-26-32(22-8-3-4-9-23(22)34-31(32)38)27(29(36)19-12-14-20(33)15-13-19)28(30(37)25-11-6-16-39-25)35(26)24-10-5-2-7-21(18)24/h2-17,26-28H,1H3,(H,34,38)/t26-,27-,28+,32+/m0/s1. The number of ketones is 2. The van der Waals surface area contributed by atoms with Crippen molar-refractivity contribution in [1.29, 1.82) is 0 Å². The Morgan fingerprint density at radius 3 is 2.44 bits per heavy atom. The second-order valence-electron chi connectivity index (χ2n) is 10.2. The predicted molar refractivity (Wildman–Crippen MR) is 155 cm³/mol. The molecular formula is C32H23ClN2O3S. The van der Waals surface area contributed by atoms with E-state index in [2.05, 4.69) is 11.4 Å². The third-order valence-corrected chi connectivity index (χ3v) is 9.46. The van der Waals surface area contributed by atoms with Gasteiger partial charge in [0.15, 0.2) is 11.6 Å². The summed E-state index contributed by atoms with van der Waals surface area (Å²) < 4.78 is 0. The summed E-state index contributed by atoms with van der Waals surface area (Å²) in [6.07, 6.45) is 2.06. The molecule has 1 spiro atoms. The Labute approximate surface area is 234 Å². The average Bonchev–Trinajstić information content (AvgIpc) is 3.66. The summed E-state index contributed by atoms with van der Waals surface area (Å²) in [5, 5.41) is 5.43. The van der Waals surface area contributed by atoms with Crippen LogP contribution in [0.4, 0.5) is 11.4 Å². The van der Waals surface area contributed by atoms with Crippen LogP contribution in [-0.2, 0) is 10.2 Å². The number of thiophene rings is 1. The Balaban J connectivity index is 1.56. The van der Waals surface area contributed by atoms with E-state index in [0.29, 0.717) is 21.2 Å². The van der Waals surface area contributed by atoms with Crippen LogP contribution in [0.15, 0.2) is 96.4 Å². The number of nitrogens with zero attached hydrogens (tertiary/aromatic N) is 1. The molecule has 0 aliphatic carbocycles. The molecule has 3 aliphatic rings. The molecule has 5 nitrogen and oxygen atoms in total. The molecule has 0 unspecified atom stereocenters. The van der Waals surface area contributed by atoms with Crippen molar-refractivity contribution < 1.29 is 14.4 Å². The van der Waals surface area contributed by atoms with Gasteiger partial charge in [0.2, 0.25) is 5.91 Å². The molecule has 7 heteroatoms. The Kier molecular flexibility index (Phi) is 5.41. The van der Waals surface area contributed by atoms with Crippen LogP contribution >= 0.6 is 22.9 Å². The third kappa shape index (κ3) is 3.28. The Morgan fingerprint density at radius 1 is 0.923 bits per heavy atom. The lowest BCUT2D eigenvalue weighted by atomic mass is 9.64. The van der Waals surface area contributed by atoms with E-state index in [-0.39, 0.29) is 17.5 Å². The summed E-state index contributed by atoms with van der Waals surface area (Å²) in [6, 6.07) is 24.3. The smallest absolute Gasteiger partial charge is 0.238 e. The van der Waals surface area contributed by atoms with Crippen LogP contribution in [0.5, 0.6) is 0 Å². The van der Waals surface area contributed by atoms with Crippen molar-refractivity contribution in [2.45, 2.75) is 24.4 Å². The molecule has 0 bridgehead atoms. The molecule has 1 fully saturated rings. The Morgan fingerprint density at radius 2 is 1.67 bits per heavy atom.